The monoisotopic (exact) mass is 390 g/mol. The lowest BCUT2D eigenvalue weighted by atomic mass is 10.1. The van der Waals surface area contributed by atoms with E-state index >= 15 is 0 Å². The van der Waals surface area contributed by atoms with Gasteiger partial charge in [-0.3, -0.25) is 9.59 Å². The van der Waals surface area contributed by atoms with Crippen molar-refractivity contribution in [3.8, 4) is 11.5 Å². The molecule has 0 saturated carbocycles. The summed E-state index contributed by atoms with van der Waals surface area (Å²) in [5.41, 5.74) is 1.40. The first kappa shape index (κ1) is 19.6. The SMILES string of the molecule is C[C@H](NC(=O)CCN1C(=O)COc2ccccc21)c1ccc(OC(F)F)cc1. The predicted octanol–water partition coefficient (Wildman–Crippen LogP) is 3.28. The van der Waals surface area contributed by atoms with Crippen LogP contribution in [0, 0.1) is 0 Å². The van der Waals surface area contributed by atoms with Crippen LogP contribution in [0.1, 0.15) is 24.9 Å². The number of halogens is 2. The molecule has 2 aromatic rings. The molecule has 6 nitrogen and oxygen atoms in total. The number of nitrogens with one attached hydrogen (secondary N) is 1. The molecule has 0 aromatic heterocycles. The number of benzene rings is 2. The van der Waals surface area contributed by atoms with E-state index in [0.29, 0.717) is 11.4 Å². The molecule has 28 heavy (non-hydrogen) atoms. The van der Waals surface area contributed by atoms with Gasteiger partial charge in [0.2, 0.25) is 5.91 Å². The zero-order chi connectivity index (χ0) is 20.1. The molecule has 8 heteroatoms. The lowest BCUT2D eigenvalue weighted by Crippen LogP contribution is -2.41. The Labute approximate surface area is 161 Å². The van der Waals surface area contributed by atoms with Gasteiger partial charge >= 0.3 is 6.61 Å². The first-order valence-corrected chi connectivity index (χ1v) is 8.80. The average Bonchev–Trinajstić information content (AvgIpc) is 2.67. The summed E-state index contributed by atoms with van der Waals surface area (Å²) in [5, 5.41) is 2.84. The highest BCUT2D eigenvalue weighted by atomic mass is 19.3. The molecular weight excluding hydrogens is 370 g/mol. The zero-order valence-electron chi connectivity index (χ0n) is 15.2. The molecule has 0 aliphatic carbocycles. The third-order valence-corrected chi connectivity index (χ3v) is 4.35. The van der Waals surface area contributed by atoms with Crippen molar-refractivity contribution >= 4 is 17.5 Å². The highest BCUT2D eigenvalue weighted by Gasteiger charge is 2.25. The molecule has 0 bridgehead atoms. The number of para-hydroxylation sites is 2. The standard InChI is InChI=1S/C20H20F2N2O4/c1-13(14-6-8-15(9-7-14)28-20(21)22)23-18(25)10-11-24-16-4-2-3-5-17(16)27-12-19(24)26/h2-9,13,20H,10-12H2,1H3,(H,23,25)/t13-/m0/s1. The molecule has 0 unspecified atom stereocenters. The second-order valence-corrected chi connectivity index (χ2v) is 6.29. The molecule has 3 rings (SSSR count). The average molecular weight is 390 g/mol. The molecule has 1 heterocycles. The van der Waals surface area contributed by atoms with Crippen LogP contribution < -0.4 is 19.7 Å². The van der Waals surface area contributed by atoms with Gasteiger partial charge in [-0.25, -0.2) is 0 Å². The number of carbonyl (C=O) groups is 2. The molecule has 0 radical (unpaired) electrons. The molecule has 1 aliphatic heterocycles. The number of alkyl halides is 2. The maximum absolute atomic E-state index is 12.3. The highest BCUT2D eigenvalue weighted by molar-refractivity contribution is 5.98. The number of fused-ring (bicyclic) bond motifs is 1. The topological polar surface area (TPSA) is 67.9 Å². The van der Waals surface area contributed by atoms with E-state index < -0.39 is 6.61 Å². The van der Waals surface area contributed by atoms with Gasteiger partial charge in [0.15, 0.2) is 6.61 Å². The van der Waals surface area contributed by atoms with Crippen molar-refractivity contribution in [3.05, 3.63) is 54.1 Å². The Kier molecular flexibility index (Phi) is 6.08. The Bertz CT molecular complexity index is 842. The second kappa shape index (κ2) is 8.69. The van der Waals surface area contributed by atoms with Crippen LogP contribution in [-0.2, 0) is 9.59 Å². The number of amides is 2. The summed E-state index contributed by atoms with van der Waals surface area (Å²) < 4.78 is 34.1. The molecule has 2 aromatic carbocycles. The van der Waals surface area contributed by atoms with Gasteiger partial charge in [-0.1, -0.05) is 24.3 Å². The Balaban J connectivity index is 1.55. The van der Waals surface area contributed by atoms with Gasteiger partial charge in [-0.15, -0.1) is 0 Å². The number of rotatable bonds is 7. The molecule has 0 spiro atoms. The molecule has 1 aliphatic rings. The van der Waals surface area contributed by atoms with Crippen molar-refractivity contribution < 1.29 is 27.8 Å². The second-order valence-electron chi connectivity index (χ2n) is 6.29. The van der Waals surface area contributed by atoms with E-state index in [1.165, 1.54) is 12.1 Å². The van der Waals surface area contributed by atoms with E-state index in [1.54, 1.807) is 42.2 Å². The number of nitrogens with zero attached hydrogens (tertiary/aromatic N) is 1. The lowest BCUT2D eigenvalue weighted by molar-refractivity contribution is -0.122. The molecule has 1 N–H and O–H groups in total. The maximum Gasteiger partial charge on any atom is 0.387 e. The van der Waals surface area contributed by atoms with Gasteiger partial charge in [0.05, 0.1) is 11.7 Å². The highest BCUT2D eigenvalue weighted by Crippen LogP contribution is 2.31. The van der Waals surface area contributed by atoms with Gasteiger partial charge in [-0.05, 0) is 36.8 Å². The molecule has 2 amide bonds. The van der Waals surface area contributed by atoms with Crippen molar-refractivity contribution in [2.75, 3.05) is 18.1 Å². The fourth-order valence-electron chi connectivity index (χ4n) is 2.95. The molecule has 1 atom stereocenters. The normalized spacial score (nSPS) is 14.3. The van der Waals surface area contributed by atoms with E-state index in [4.69, 9.17) is 4.74 Å². The van der Waals surface area contributed by atoms with Gasteiger partial charge in [0.1, 0.15) is 11.5 Å². The predicted molar refractivity (Wildman–Crippen MR) is 98.5 cm³/mol. The third-order valence-electron chi connectivity index (χ3n) is 4.35. The van der Waals surface area contributed by atoms with Gasteiger partial charge in [0.25, 0.3) is 5.91 Å². The third kappa shape index (κ3) is 4.76. The Morgan fingerprint density at radius 1 is 1.21 bits per heavy atom. The molecule has 0 saturated heterocycles. The van der Waals surface area contributed by atoms with Gasteiger partial charge in [0, 0.05) is 13.0 Å². The summed E-state index contributed by atoms with van der Waals surface area (Å²) in [6.07, 6.45) is 0.122. The summed E-state index contributed by atoms with van der Waals surface area (Å²) >= 11 is 0. The van der Waals surface area contributed by atoms with Gasteiger partial charge < -0.3 is 19.7 Å². The van der Waals surface area contributed by atoms with E-state index in [-0.39, 0.29) is 43.2 Å². The largest absolute Gasteiger partial charge is 0.482 e. The summed E-state index contributed by atoms with van der Waals surface area (Å²) in [6, 6.07) is 12.9. The minimum atomic E-state index is -2.88. The number of hydrogen-bond acceptors (Lipinski definition) is 4. The first-order valence-electron chi connectivity index (χ1n) is 8.80. The quantitative estimate of drug-likeness (QED) is 0.788. The van der Waals surface area contributed by atoms with Crippen molar-refractivity contribution in [1.29, 1.82) is 0 Å². The molecule has 0 fully saturated rings. The number of carbonyl (C=O) groups excluding carboxylic acids is 2. The van der Waals surface area contributed by atoms with Crippen molar-refractivity contribution in [2.45, 2.75) is 26.0 Å². The summed E-state index contributed by atoms with van der Waals surface area (Å²) in [6.45, 7) is -0.909. The summed E-state index contributed by atoms with van der Waals surface area (Å²) in [7, 11) is 0. The van der Waals surface area contributed by atoms with Crippen LogP contribution >= 0.6 is 0 Å². The van der Waals surface area contributed by atoms with Crippen LogP contribution in [0.25, 0.3) is 0 Å². The lowest BCUT2D eigenvalue weighted by Gasteiger charge is -2.29. The van der Waals surface area contributed by atoms with E-state index in [2.05, 4.69) is 10.1 Å². The number of anilines is 1. The van der Waals surface area contributed by atoms with E-state index in [0.717, 1.165) is 5.56 Å². The smallest absolute Gasteiger partial charge is 0.387 e. The molecular formula is C20H20F2N2O4. The summed E-state index contributed by atoms with van der Waals surface area (Å²) in [4.78, 5) is 26.0. The minimum Gasteiger partial charge on any atom is -0.482 e. The number of ether oxygens (including phenoxy) is 2. The van der Waals surface area contributed by atoms with Crippen LogP contribution in [0.2, 0.25) is 0 Å². The van der Waals surface area contributed by atoms with Crippen LogP contribution in [0.15, 0.2) is 48.5 Å². The fraction of sp³-hybridized carbons (Fsp3) is 0.300. The fourth-order valence-corrected chi connectivity index (χ4v) is 2.95. The van der Waals surface area contributed by atoms with Crippen LogP contribution in [0.4, 0.5) is 14.5 Å². The van der Waals surface area contributed by atoms with Crippen LogP contribution in [0.5, 0.6) is 11.5 Å². The number of hydrogen-bond donors (Lipinski definition) is 1. The molecule has 148 valence electrons. The van der Waals surface area contributed by atoms with Crippen molar-refractivity contribution in [3.63, 3.8) is 0 Å². The first-order chi connectivity index (χ1) is 13.4. The zero-order valence-corrected chi connectivity index (χ0v) is 15.2. The minimum absolute atomic E-state index is 0.0535. The Hall–Kier alpha value is -3.16. The van der Waals surface area contributed by atoms with Gasteiger partial charge in [-0.2, -0.15) is 8.78 Å². The Morgan fingerprint density at radius 3 is 2.64 bits per heavy atom. The summed E-state index contributed by atoms with van der Waals surface area (Å²) in [5.74, 6) is 0.245. The van der Waals surface area contributed by atoms with E-state index in [1.807, 2.05) is 6.07 Å². The van der Waals surface area contributed by atoms with Crippen molar-refractivity contribution in [1.82, 2.24) is 5.32 Å². The van der Waals surface area contributed by atoms with Crippen molar-refractivity contribution in [2.24, 2.45) is 0 Å². The Morgan fingerprint density at radius 2 is 1.93 bits per heavy atom. The van der Waals surface area contributed by atoms with Crippen LogP contribution in [-0.4, -0.2) is 31.6 Å². The van der Waals surface area contributed by atoms with Crippen LogP contribution in [0.3, 0.4) is 0 Å². The maximum atomic E-state index is 12.3. The van der Waals surface area contributed by atoms with E-state index in [9.17, 15) is 18.4 Å².